The number of fused-ring (bicyclic) bond motifs is 6. The number of phenols is 2. The van der Waals surface area contributed by atoms with Crippen LogP contribution in [0.25, 0.3) is 0 Å². The first-order valence-corrected chi connectivity index (χ1v) is 30.2. The molecule has 7 amide bonds. The van der Waals surface area contributed by atoms with E-state index in [2.05, 4.69) is 20.9 Å². The maximum Gasteiger partial charge on any atom is 0.409 e. The van der Waals surface area contributed by atoms with Crippen molar-refractivity contribution in [1.29, 1.82) is 5.41 Å². The van der Waals surface area contributed by atoms with Gasteiger partial charge in [0.25, 0.3) is 11.8 Å². The Kier molecular flexibility index (Phi) is 20.9. The van der Waals surface area contributed by atoms with E-state index in [1.165, 1.54) is 64.4 Å². The molecular formula is C63H78N8O20. The maximum absolute atomic E-state index is 14.3. The van der Waals surface area contributed by atoms with E-state index in [1.807, 2.05) is 0 Å². The third kappa shape index (κ3) is 14.4. The summed E-state index contributed by atoms with van der Waals surface area (Å²) in [4.78, 5) is 123. The van der Waals surface area contributed by atoms with Crippen molar-refractivity contribution in [2.75, 3.05) is 73.0 Å². The molecule has 4 aliphatic heterocycles. The fraction of sp³-hybridized carbons (Fsp3) is 0.524. The molecule has 91 heavy (non-hydrogen) atoms. The largest absolute Gasteiger partial charge is 0.507 e. The Morgan fingerprint density at radius 2 is 1.54 bits per heavy atom. The Balaban J connectivity index is 0.756. The molecule has 490 valence electrons. The number of hydrogen-bond acceptors (Lipinski definition) is 22. The van der Waals surface area contributed by atoms with E-state index < -0.39 is 127 Å². The van der Waals surface area contributed by atoms with Crippen molar-refractivity contribution >= 4 is 64.7 Å². The highest BCUT2D eigenvalue weighted by molar-refractivity contribution is 6.32. The summed E-state index contributed by atoms with van der Waals surface area (Å²) >= 11 is 0. The maximum atomic E-state index is 14.3. The third-order valence-electron chi connectivity index (χ3n) is 17.3. The van der Waals surface area contributed by atoms with Crippen LogP contribution in [0.4, 0.5) is 15.3 Å². The monoisotopic (exact) mass is 1270 g/mol. The molecule has 0 bridgehead atoms. The summed E-state index contributed by atoms with van der Waals surface area (Å²) in [6, 6.07) is 8.76. The molecule has 4 heterocycles. The van der Waals surface area contributed by atoms with E-state index in [0.29, 0.717) is 43.7 Å². The summed E-state index contributed by atoms with van der Waals surface area (Å²) in [5, 5.41) is 54.2. The molecule has 28 nitrogen and oxygen atoms in total. The quantitative estimate of drug-likeness (QED) is 0.0300. The summed E-state index contributed by atoms with van der Waals surface area (Å²) in [7, 11) is 5.69. The van der Waals surface area contributed by atoms with E-state index in [4.69, 9.17) is 37.9 Å². The van der Waals surface area contributed by atoms with Gasteiger partial charge in [0.15, 0.2) is 31.2 Å². The molecule has 0 unspecified atom stereocenters. The van der Waals surface area contributed by atoms with Crippen LogP contribution >= 0.6 is 0 Å². The SMILES string of the molecule is COc1cccc2c1C(=N)c1c(O)c3c(c(O)c1C2=O)C[C@@](O)(C(=O)COC(=O)N(C)CCN(C)C(=O)OCc1ccc(NC(=O)[C@H](C)NC(=O)[C@@H](NC(=O)CCCCCN2C(=O)C=CC2=O)C(C)C)cc1)C[C@@H]3O[C@H]1C[C@H]2[C@H](O[C@@H]3[C@@H](OC)OCCN32)[C@H](C)O1. The summed E-state index contributed by atoms with van der Waals surface area (Å²) in [6.07, 6.45) is -3.26. The van der Waals surface area contributed by atoms with Gasteiger partial charge in [0.1, 0.15) is 47.6 Å². The van der Waals surface area contributed by atoms with Crippen LogP contribution in [-0.4, -0.2) is 216 Å². The highest BCUT2D eigenvalue weighted by Gasteiger charge is 2.55. The number of methoxy groups -OCH3 is 2. The number of anilines is 1. The molecule has 0 saturated carbocycles. The summed E-state index contributed by atoms with van der Waals surface area (Å²) in [6.45, 7) is 6.66. The van der Waals surface area contributed by atoms with Crippen molar-refractivity contribution in [2.24, 2.45) is 5.92 Å². The van der Waals surface area contributed by atoms with E-state index in [-0.39, 0.29) is 108 Å². The number of carbonyl (C=O) groups is 9. The number of likely N-dealkylation sites (N-methyl/N-ethyl adjacent to an activating group) is 2. The van der Waals surface area contributed by atoms with Crippen LogP contribution in [0.3, 0.4) is 0 Å². The Morgan fingerprint density at radius 1 is 0.846 bits per heavy atom. The number of imide groups is 1. The van der Waals surface area contributed by atoms with Crippen molar-refractivity contribution in [3.8, 4) is 17.2 Å². The van der Waals surface area contributed by atoms with Crippen molar-refractivity contribution in [3.63, 3.8) is 0 Å². The molecule has 6 aliphatic rings. The second-order valence-corrected chi connectivity index (χ2v) is 23.8. The average molecular weight is 1270 g/mol. The van der Waals surface area contributed by atoms with Crippen molar-refractivity contribution < 1.29 is 96.4 Å². The molecule has 0 spiro atoms. The Bertz CT molecular complexity index is 3360. The van der Waals surface area contributed by atoms with Gasteiger partial charge in [0.05, 0.1) is 48.3 Å². The van der Waals surface area contributed by atoms with Crippen LogP contribution in [0.5, 0.6) is 17.2 Å². The van der Waals surface area contributed by atoms with Gasteiger partial charge in [0.2, 0.25) is 23.5 Å². The second kappa shape index (κ2) is 28.4. The number of benzene rings is 3. The molecule has 3 aromatic rings. The van der Waals surface area contributed by atoms with Gasteiger partial charge < -0.3 is 79.0 Å². The number of ether oxygens (including phenoxy) is 8. The molecule has 3 saturated heterocycles. The number of aliphatic hydroxyl groups is 1. The highest BCUT2D eigenvalue weighted by Crippen LogP contribution is 2.53. The van der Waals surface area contributed by atoms with Crippen LogP contribution in [0.1, 0.15) is 116 Å². The number of rotatable bonds is 24. The minimum atomic E-state index is -2.44. The standard InChI is InChI=1S/C63H78N8O20/c1-32(2)52(67-43(73)15-10-9-11-22-71-44(74)20-21-45(71)75)58(80)65-33(3)57(79)66-36-18-16-35(17-19-36)30-87-61(81)68(5)23-24-69(6)62(82)88-31-42(72)63(83)28-38-48(55(78)49-50(54(38)77)53(76)37-13-12-14-40(84-7)47(37)51(49)64)41(29-63)90-46-27-39-56(34(4)89-46)91-59-60(85-8)86-26-25-70(39)59/h12-14,16-21,32-34,39,41,46,52,56,59-60,64,77-78,83H,9-11,15,22-31H2,1-8H3,(H,65,80)(H,66,79)(H,67,73)/t33-,34-,39-,41-,46-,52-,56+,59+,60-,63-/m0/s1. The summed E-state index contributed by atoms with van der Waals surface area (Å²) < 4.78 is 47.0. The molecule has 2 aliphatic carbocycles. The number of Topliss-reactive ketones (excluding diaryl/α,β-unsaturated/α-hetero) is 1. The third-order valence-corrected chi connectivity index (χ3v) is 17.3. The Morgan fingerprint density at radius 3 is 2.21 bits per heavy atom. The molecule has 9 rings (SSSR count). The Labute approximate surface area is 524 Å². The number of ketones is 2. The first-order valence-electron chi connectivity index (χ1n) is 30.2. The van der Waals surface area contributed by atoms with E-state index >= 15 is 0 Å². The zero-order valence-corrected chi connectivity index (χ0v) is 51.9. The van der Waals surface area contributed by atoms with Crippen LogP contribution in [0.15, 0.2) is 54.6 Å². The lowest BCUT2D eigenvalue weighted by Gasteiger charge is -2.43. The van der Waals surface area contributed by atoms with E-state index in [0.717, 1.165) is 9.80 Å². The first-order chi connectivity index (χ1) is 43.3. The zero-order valence-electron chi connectivity index (χ0n) is 51.9. The predicted molar refractivity (Wildman–Crippen MR) is 320 cm³/mol. The van der Waals surface area contributed by atoms with Crippen molar-refractivity contribution in [1.82, 2.24) is 30.2 Å². The lowest BCUT2D eigenvalue weighted by molar-refractivity contribution is -0.256. The lowest BCUT2D eigenvalue weighted by atomic mass is 9.71. The fourth-order valence-corrected chi connectivity index (χ4v) is 12.2. The number of nitrogens with one attached hydrogen (secondary N) is 4. The van der Waals surface area contributed by atoms with Crippen LogP contribution in [0.2, 0.25) is 0 Å². The van der Waals surface area contributed by atoms with Gasteiger partial charge in [-0.3, -0.25) is 48.8 Å². The van der Waals surface area contributed by atoms with Crippen LogP contribution < -0.4 is 20.7 Å². The number of phenolic OH excluding ortho intramolecular Hbond substituents is 2. The number of amides is 7. The number of hydrogen-bond donors (Lipinski definition) is 7. The van der Waals surface area contributed by atoms with Gasteiger partial charge in [-0.1, -0.05) is 44.5 Å². The highest BCUT2D eigenvalue weighted by atomic mass is 16.7. The van der Waals surface area contributed by atoms with Crippen molar-refractivity contribution in [2.45, 2.75) is 140 Å². The van der Waals surface area contributed by atoms with Gasteiger partial charge >= 0.3 is 12.2 Å². The number of morpholine rings is 1. The summed E-state index contributed by atoms with van der Waals surface area (Å²) in [5.41, 5.74) is -2.73. The number of nitrogens with zero attached hydrogens (tertiary/aromatic N) is 4. The Hall–Kier alpha value is -8.38. The second-order valence-electron chi connectivity index (χ2n) is 23.8. The summed E-state index contributed by atoms with van der Waals surface area (Å²) in [5.74, 6) is -5.33. The molecule has 28 heteroatoms. The van der Waals surface area contributed by atoms with Crippen LogP contribution in [-0.2, 0) is 75.0 Å². The molecule has 0 radical (unpaired) electrons. The number of aromatic hydroxyl groups is 2. The minimum absolute atomic E-state index is 0.0131. The van der Waals surface area contributed by atoms with Gasteiger partial charge in [-0.25, -0.2) is 9.59 Å². The molecule has 0 aromatic heterocycles. The van der Waals surface area contributed by atoms with E-state index in [1.54, 1.807) is 51.1 Å². The minimum Gasteiger partial charge on any atom is -0.507 e. The normalized spacial score (nSPS) is 23.8. The fourth-order valence-electron chi connectivity index (χ4n) is 12.2. The van der Waals surface area contributed by atoms with Gasteiger partial charge in [-0.05, 0) is 56.4 Å². The van der Waals surface area contributed by atoms with Gasteiger partial charge in [-0.15, -0.1) is 0 Å². The smallest absolute Gasteiger partial charge is 0.409 e. The van der Waals surface area contributed by atoms with Crippen molar-refractivity contribution in [3.05, 3.63) is 93.6 Å². The molecule has 10 atom stereocenters. The zero-order chi connectivity index (χ0) is 65.7. The van der Waals surface area contributed by atoms with Gasteiger partial charge in [0, 0.05) is 114 Å². The lowest BCUT2D eigenvalue weighted by Crippen LogP contribution is -2.55. The molecule has 3 fully saturated rings. The van der Waals surface area contributed by atoms with Gasteiger partial charge in [-0.2, -0.15) is 0 Å². The first kappa shape index (κ1) is 67.0. The number of unbranched alkanes of at least 4 members (excludes halogenated alkanes) is 2. The predicted octanol–water partition coefficient (Wildman–Crippen LogP) is 3.31. The number of carbonyl (C=O) groups excluding carboxylic acids is 9. The van der Waals surface area contributed by atoms with E-state index in [9.17, 15) is 63.9 Å². The molecule has 7 N–H and O–H groups in total. The topological polar surface area (TPSA) is 361 Å². The molecular weight excluding hydrogens is 1190 g/mol. The van der Waals surface area contributed by atoms with Crippen LogP contribution in [0, 0.1) is 11.3 Å². The average Bonchev–Trinajstić information content (AvgIpc) is 1.29. The molecule has 3 aromatic carbocycles.